The van der Waals surface area contributed by atoms with Gasteiger partial charge in [-0.3, -0.25) is 0 Å². The van der Waals surface area contributed by atoms with Gasteiger partial charge in [0.2, 0.25) is 5.95 Å². The van der Waals surface area contributed by atoms with Gasteiger partial charge in [-0.1, -0.05) is 35.9 Å². The summed E-state index contributed by atoms with van der Waals surface area (Å²) in [5.74, 6) is 1.32. The molecule has 2 heterocycles. The van der Waals surface area contributed by atoms with Crippen LogP contribution in [0.15, 0.2) is 48.5 Å². The number of carbonyl (C=O) groups is 1. The van der Waals surface area contributed by atoms with Crippen molar-refractivity contribution in [2.24, 2.45) is 5.92 Å². The number of nitrogens with zero attached hydrogens (tertiary/aromatic N) is 3. The van der Waals surface area contributed by atoms with Crippen LogP contribution in [0.2, 0.25) is 5.02 Å². The van der Waals surface area contributed by atoms with Gasteiger partial charge in [0.1, 0.15) is 5.60 Å². The Morgan fingerprint density at radius 2 is 1.94 bits per heavy atom. The molecule has 2 aromatic carbocycles. The zero-order valence-electron chi connectivity index (χ0n) is 19.0. The molecule has 0 radical (unpaired) electrons. The van der Waals surface area contributed by atoms with Gasteiger partial charge < -0.3 is 19.5 Å². The molecule has 0 aliphatic carbocycles. The SMILES string of the molecule is CC(C)(C)OC(=O)NCC1CCCN(c2nc3ccccc3n2Cc2ccc(Cl)cc2)C1. The van der Waals surface area contributed by atoms with E-state index in [1.165, 1.54) is 5.56 Å². The van der Waals surface area contributed by atoms with Crippen LogP contribution in [0.5, 0.6) is 0 Å². The molecule has 1 fully saturated rings. The van der Waals surface area contributed by atoms with Gasteiger partial charge in [-0.2, -0.15) is 0 Å². The van der Waals surface area contributed by atoms with Crippen LogP contribution in [0, 0.1) is 5.92 Å². The van der Waals surface area contributed by atoms with Gasteiger partial charge in [-0.15, -0.1) is 0 Å². The Kier molecular flexibility index (Phi) is 6.60. The summed E-state index contributed by atoms with van der Waals surface area (Å²) in [7, 11) is 0. The monoisotopic (exact) mass is 454 g/mol. The van der Waals surface area contributed by atoms with Crippen LogP contribution < -0.4 is 10.2 Å². The second kappa shape index (κ2) is 9.41. The molecule has 0 bridgehead atoms. The molecule has 3 aromatic rings. The Morgan fingerprint density at radius 1 is 1.19 bits per heavy atom. The number of hydrogen-bond acceptors (Lipinski definition) is 4. The number of piperidine rings is 1. The lowest BCUT2D eigenvalue weighted by molar-refractivity contribution is 0.0517. The molecule has 1 unspecified atom stereocenters. The Bertz CT molecular complexity index is 1070. The van der Waals surface area contributed by atoms with Crippen LogP contribution in [0.3, 0.4) is 0 Å². The number of alkyl carbamates (subject to hydrolysis) is 1. The number of para-hydroxylation sites is 2. The molecule has 0 saturated carbocycles. The van der Waals surface area contributed by atoms with Crippen LogP contribution in [0.4, 0.5) is 10.7 Å². The molecule has 1 atom stereocenters. The van der Waals surface area contributed by atoms with E-state index in [9.17, 15) is 4.79 Å². The minimum absolute atomic E-state index is 0.347. The largest absolute Gasteiger partial charge is 0.444 e. The summed E-state index contributed by atoms with van der Waals surface area (Å²) in [6, 6.07) is 16.2. The average Bonchev–Trinajstić information content (AvgIpc) is 3.11. The predicted molar refractivity (Wildman–Crippen MR) is 129 cm³/mol. The Balaban J connectivity index is 1.52. The number of halogens is 1. The number of anilines is 1. The van der Waals surface area contributed by atoms with E-state index in [1.54, 1.807) is 0 Å². The third-order valence-corrected chi connectivity index (χ3v) is 5.88. The first-order valence-electron chi connectivity index (χ1n) is 11.2. The molecule has 0 spiro atoms. The van der Waals surface area contributed by atoms with Crippen LogP contribution in [0.25, 0.3) is 11.0 Å². The van der Waals surface area contributed by atoms with Gasteiger partial charge in [0.05, 0.1) is 17.6 Å². The fourth-order valence-corrected chi connectivity index (χ4v) is 4.31. The van der Waals surface area contributed by atoms with Crippen molar-refractivity contribution in [3.63, 3.8) is 0 Å². The highest BCUT2D eigenvalue weighted by Gasteiger charge is 2.25. The number of benzene rings is 2. The van der Waals surface area contributed by atoms with Crippen molar-refractivity contribution in [2.75, 3.05) is 24.5 Å². The lowest BCUT2D eigenvalue weighted by atomic mass is 9.98. The number of amides is 1. The Labute approximate surface area is 194 Å². The third kappa shape index (κ3) is 5.54. The number of aromatic nitrogens is 2. The van der Waals surface area contributed by atoms with E-state index in [1.807, 2.05) is 39.0 Å². The van der Waals surface area contributed by atoms with Crippen LogP contribution in [-0.2, 0) is 11.3 Å². The van der Waals surface area contributed by atoms with Crippen LogP contribution in [0.1, 0.15) is 39.2 Å². The van der Waals surface area contributed by atoms with E-state index in [-0.39, 0.29) is 6.09 Å². The standard InChI is InChI=1S/C25H31ClN4O2/c1-25(2,3)32-24(31)27-15-19-7-6-14-29(16-19)23-28-21-8-4-5-9-22(21)30(23)17-18-10-12-20(26)13-11-18/h4-5,8-13,19H,6-7,14-17H2,1-3H3,(H,27,31). The Morgan fingerprint density at radius 3 is 2.69 bits per heavy atom. The van der Waals surface area contributed by atoms with Gasteiger partial charge in [0.25, 0.3) is 0 Å². The van der Waals surface area contributed by atoms with Crippen molar-refractivity contribution >= 4 is 34.7 Å². The minimum atomic E-state index is -0.491. The molecule has 1 N–H and O–H groups in total. The lowest BCUT2D eigenvalue weighted by Gasteiger charge is -2.34. The number of rotatable bonds is 5. The molecular weight excluding hydrogens is 424 g/mol. The molecule has 1 amide bonds. The number of carbonyl (C=O) groups excluding carboxylic acids is 1. The van der Waals surface area contributed by atoms with Gasteiger partial charge in [0, 0.05) is 24.7 Å². The molecule has 1 saturated heterocycles. The van der Waals surface area contributed by atoms with E-state index in [0.717, 1.165) is 54.5 Å². The highest BCUT2D eigenvalue weighted by Crippen LogP contribution is 2.28. The maximum Gasteiger partial charge on any atom is 0.407 e. The van der Waals surface area contributed by atoms with E-state index in [0.29, 0.717) is 12.5 Å². The summed E-state index contributed by atoms with van der Waals surface area (Å²) in [5, 5.41) is 3.68. The molecule has 6 nitrogen and oxygen atoms in total. The third-order valence-electron chi connectivity index (χ3n) is 5.62. The quantitative estimate of drug-likeness (QED) is 0.554. The highest BCUT2D eigenvalue weighted by atomic mass is 35.5. The van der Waals surface area contributed by atoms with Crippen LogP contribution in [-0.4, -0.2) is 40.9 Å². The normalized spacial score (nSPS) is 16.9. The first kappa shape index (κ1) is 22.5. The van der Waals surface area contributed by atoms with E-state index < -0.39 is 5.60 Å². The van der Waals surface area contributed by atoms with Crippen molar-refractivity contribution < 1.29 is 9.53 Å². The number of fused-ring (bicyclic) bond motifs is 1. The Hall–Kier alpha value is -2.73. The minimum Gasteiger partial charge on any atom is -0.444 e. The van der Waals surface area contributed by atoms with Crippen LogP contribution >= 0.6 is 11.6 Å². The average molecular weight is 455 g/mol. The molecule has 1 aromatic heterocycles. The first-order chi connectivity index (χ1) is 15.3. The molecular formula is C25H31ClN4O2. The van der Waals surface area contributed by atoms with Gasteiger partial charge >= 0.3 is 6.09 Å². The molecule has 1 aliphatic heterocycles. The zero-order chi connectivity index (χ0) is 22.7. The van der Waals surface area contributed by atoms with E-state index in [2.05, 4.69) is 45.1 Å². The number of nitrogens with one attached hydrogen (secondary N) is 1. The lowest BCUT2D eigenvalue weighted by Crippen LogP contribution is -2.43. The number of ether oxygens (including phenoxy) is 1. The summed E-state index contributed by atoms with van der Waals surface area (Å²) in [4.78, 5) is 19.4. The molecule has 7 heteroatoms. The summed E-state index contributed by atoms with van der Waals surface area (Å²) in [5.41, 5.74) is 2.80. The van der Waals surface area contributed by atoms with Gasteiger partial charge in [0.15, 0.2) is 0 Å². The van der Waals surface area contributed by atoms with Crippen molar-refractivity contribution in [1.82, 2.24) is 14.9 Å². The van der Waals surface area contributed by atoms with Crippen molar-refractivity contribution in [2.45, 2.75) is 45.8 Å². The summed E-state index contributed by atoms with van der Waals surface area (Å²) < 4.78 is 7.66. The number of imidazole rings is 1. The maximum absolute atomic E-state index is 12.1. The second-order valence-corrected chi connectivity index (χ2v) is 9.89. The smallest absolute Gasteiger partial charge is 0.407 e. The first-order valence-corrected chi connectivity index (χ1v) is 11.6. The molecule has 1 aliphatic rings. The summed E-state index contributed by atoms with van der Waals surface area (Å²) in [6.45, 7) is 8.75. The predicted octanol–water partition coefficient (Wildman–Crippen LogP) is 5.48. The topological polar surface area (TPSA) is 59.4 Å². The van der Waals surface area contributed by atoms with Crippen molar-refractivity contribution in [3.8, 4) is 0 Å². The summed E-state index contributed by atoms with van der Waals surface area (Å²) >= 11 is 6.08. The molecule has 170 valence electrons. The maximum atomic E-state index is 12.1. The van der Waals surface area contributed by atoms with Crippen molar-refractivity contribution in [3.05, 3.63) is 59.1 Å². The molecule has 4 rings (SSSR count). The van der Waals surface area contributed by atoms with E-state index >= 15 is 0 Å². The summed E-state index contributed by atoms with van der Waals surface area (Å²) in [6.07, 6.45) is 1.78. The highest BCUT2D eigenvalue weighted by molar-refractivity contribution is 6.30. The van der Waals surface area contributed by atoms with E-state index in [4.69, 9.17) is 21.3 Å². The number of hydrogen-bond donors (Lipinski definition) is 1. The van der Waals surface area contributed by atoms with Gasteiger partial charge in [-0.25, -0.2) is 9.78 Å². The fourth-order valence-electron chi connectivity index (χ4n) is 4.19. The molecule has 32 heavy (non-hydrogen) atoms. The van der Waals surface area contributed by atoms with Gasteiger partial charge in [-0.05, 0) is 69.4 Å². The van der Waals surface area contributed by atoms with Crippen molar-refractivity contribution in [1.29, 1.82) is 0 Å². The fraction of sp³-hybridized carbons (Fsp3) is 0.440. The zero-order valence-corrected chi connectivity index (χ0v) is 19.7. The second-order valence-electron chi connectivity index (χ2n) is 9.45.